The van der Waals surface area contributed by atoms with E-state index in [1.165, 1.54) is 24.4 Å². The molecular weight excluding hydrogens is 269 g/mol. The minimum atomic E-state index is -4.43. The molecule has 1 aromatic carbocycles. The zero-order chi connectivity index (χ0) is 13.2. The molecule has 0 fully saturated rings. The van der Waals surface area contributed by atoms with Crippen LogP contribution in [0, 0.1) is 0 Å². The summed E-state index contributed by atoms with van der Waals surface area (Å²) in [5, 5.41) is 6.35. The Morgan fingerprint density at radius 1 is 1.28 bits per heavy atom. The van der Waals surface area contributed by atoms with Crippen molar-refractivity contribution in [2.45, 2.75) is 12.8 Å². The standard InChI is InChI=1S/C11H8ClF3N2O/c12-8-1-2-9(11(13,14)15)7(5-8)6-18-10-3-4-16-17-10/h1-5H,6H2,(H,16,17). The number of halogens is 4. The fourth-order valence-electron chi connectivity index (χ4n) is 1.44. The summed E-state index contributed by atoms with van der Waals surface area (Å²) in [6, 6.07) is 4.89. The molecule has 18 heavy (non-hydrogen) atoms. The van der Waals surface area contributed by atoms with Crippen LogP contribution in [0.15, 0.2) is 30.5 Å². The number of H-pyrrole nitrogens is 1. The Morgan fingerprint density at radius 3 is 2.67 bits per heavy atom. The number of aromatic nitrogens is 2. The minimum absolute atomic E-state index is 0.0235. The second kappa shape index (κ2) is 4.89. The molecule has 0 saturated carbocycles. The molecule has 1 aromatic heterocycles. The smallest absolute Gasteiger partial charge is 0.416 e. The molecule has 2 aromatic rings. The maximum absolute atomic E-state index is 12.7. The van der Waals surface area contributed by atoms with Crippen molar-refractivity contribution in [3.05, 3.63) is 46.6 Å². The largest absolute Gasteiger partial charge is 0.473 e. The van der Waals surface area contributed by atoms with Gasteiger partial charge >= 0.3 is 6.18 Å². The number of hydrogen-bond donors (Lipinski definition) is 1. The van der Waals surface area contributed by atoms with Crippen LogP contribution in [0.1, 0.15) is 11.1 Å². The molecular formula is C11H8ClF3N2O. The predicted molar refractivity (Wildman–Crippen MR) is 59.4 cm³/mol. The molecule has 7 heteroatoms. The number of ether oxygens (including phenoxy) is 1. The highest BCUT2D eigenvalue weighted by Crippen LogP contribution is 2.33. The Balaban J connectivity index is 2.23. The molecule has 0 aliphatic heterocycles. The van der Waals surface area contributed by atoms with Gasteiger partial charge in [0.15, 0.2) is 0 Å². The third-order valence-electron chi connectivity index (χ3n) is 2.23. The molecule has 0 atom stereocenters. The number of hydrogen-bond acceptors (Lipinski definition) is 2. The van der Waals surface area contributed by atoms with Gasteiger partial charge < -0.3 is 4.74 Å². The number of rotatable bonds is 3. The number of nitrogens with zero attached hydrogens (tertiary/aromatic N) is 1. The Bertz CT molecular complexity index is 526. The Morgan fingerprint density at radius 2 is 2.06 bits per heavy atom. The van der Waals surface area contributed by atoms with Gasteiger partial charge in [-0.1, -0.05) is 11.6 Å². The van der Waals surface area contributed by atoms with E-state index in [1.807, 2.05) is 0 Å². The predicted octanol–water partition coefficient (Wildman–Crippen LogP) is 3.66. The van der Waals surface area contributed by atoms with Gasteiger partial charge in [-0.3, -0.25) is 0 Å². The normalized spacial score (nSPS) is 11.6. The molecule has 0 bridgehead atoms. The van der Waals surface area contributed by atoms with Crippen molar-refractivity contribution in [3.63, 3.8) is 0 Å². The molecule has 2 rings (SSSR count). The van der Waals surface area contributed by atoms with E-state index in [4.69, 9.17) is 16.3 Å². The fourth-order valence-corrected chi connectivity index (χ4v) is 1.63. The summed E-state index contributed by atoms with van der Waals surface area (Å²) in [5.74, 6) is 0.295. The van der Waals surface area contributed by atoms with Crippen molar-refractivity contribution in [2.75, 3.05) is 0 Å². The number of benzene rings is 1. The first-order valence-electron chi connectivity index (χ1n) is 4.94. The molecule has 0 aliphatic carbocycles. The zero-order valence-electron chi connectivity index (χ0n) is 8.96. The summed E-state index contributed by atoms with van der Waals surface area (Å²) in [6.45, 7) is -0.238. The summed E-state index contributed by atoms with van der Waals surface area (Å²) < 4.78 is 43.3. The van der Waals surface area contributed by atoms with Gasteiger partial charge in [0, 0.05) is 16.7 Å². The average molecular weight is 277 g/mol. The molecule has 3 nitrogen and oxygen atoms in total. The highest BCUT2D eigenvalue weighted by atomic mass is 35.5. The highest BCUT2D eigenvalue weighted by molar-refractivity contribution is 6.30. The topological polar surface area (TPSA) is 37.9 Å². The van der Waals surface area contributed by atoms with Gasteiger partial charge in [-0.2, -0.15) is 18.3 Å². The summed E-state index contributed by atoms with van der Waals surface area (Å²) in [4.78, 5) is 0. The summed E-state index contributed by atoms with van der Waals surface area (Å²) in [7, 11) is 0. The van der Waals surface area contributed by atoms with E-state index in [-0.39, 0.29) is 17.2 Å². The Kier molecular flexibility index (Phi) is 3.47. The number of alkyl halides is 3. The minimum Gasteiger partial charge on any atom is -0.473 e. The van der Waals surface area contributed by atoms with Crippen LogP contribution < -0.4 is 4.74 Å². The number of nitrogens with one attached hydrogen (secondary N) is 1. The Labute approximate surface area is 106 Å². The van der Waals surface area contributed by atoms with E-state index in [9.17, 15) is 13.2 Å². The third kappa shape index (κ3) is 2.95. The maximum Gasteiger partial charge on any atom is 0.416 e. The van der Waals surface area contributed by atoms with Gasteiger partial charge in [0.1, 0.15) is 6.61 Å². The SMILES string of the molecule is FC(F)(F)c1ccc(Cl)cc1COc1ccn[nH]1. The van der Waals surface area contributed by atoms with Gasteiger partial charge in [0.05, 0.1) is 11.8 Å². The van der Waals surface area contributed by atoms with E-state index in [0.717, 1.165) is 6.07 Å². The lowest BCUT2D eigenvalue weighted by molar-refractivity contribution is -0.138. The lowest BCUT2D eigenvalue weighted by Gasteiger charge is -2.13. The van der Waals surface area contributed by atoms with Gasteiger partial charge in [0.25, 0.3) is 0 Å². The molecule has 0 amide bonds. The number of aromatic amines is 1. The monoisotopic (exact) mass is 276 g/mol. The molecule has 1 N–H and O–H groups in total. The van der Waals surface area contributed by atoms with E-state index < -0.39 is 11.7 Å². The highest BCUT2D eigenvalue weighted by Gasteiger charge is 2.33. The van der Waals surface area contributed by atoms with Crippen LogP contribution in [-0.2, 0) is 12.8 Å². The van der Waals surface area contributed by atoms with Crippen LogP contribution in [-0.4, -0.2) is 10.2 Å². The summed E-state index contributed by atoms with van der Waals surface area (Å²) in [6.07, 6.45) is -2.99. The van der Waals surface area contributed by atoms with Crippen molar-refractivity contribution in [2.24, 2.45) is 0 Å². The lowest BCUT2D eigenvalue weighted by Crippen LogP contribution is -2.11. The van der Waals surface area contributed by atoms with Crippen molar-refractivity contribution in [1.82, 2.24) is 10.2 Å². The van der Waals surface area contributed by atoms with Gasteiger partial charge in [-0.25, -0.2) is 5.10 Å². The van der Waals surface area contributed by atoms with Crippen molar-refractivity contribution in [3.8, 4) is 5.88 Å². The summed E-state index contributed by atoms with van der Waals surface area (Å²) in [5.41, 5.74) is -0.781. The Hall–Kier alpha value is -1.69. The van der Waals surface area contributed by atoms with Gasteiger partial charge in [0.2, 0.25) is 5.88 Å². The molecule has 96 valence electrons. The first kappa shape index (κ1) is 12.8. The van der Waals surface area contributed by atoms with Crippen LogP contribution in [0.25, 0.3) is 0 Å². The molecule has 0 saturated heterocycles. The van der Waals surface area contributed by atoms with Crippen LogP contribution in [0.4, 0.5) is 13.2 Å². The van der Waals surface area contributed by atoms with Gasteiger partial charge in [-0.05, 0) is 18.2 Å². The molecule has 1 heterocycles. The quantitative estimate of drug-likeness (QED) is 0.929. The van der Waals surface area contributed by atoms with Crippen molar-refractivity contribution >= 4 is 11.6 Å². The van der Waals surface area contributed by atoms with Gasteiger partial charge in [-0.15, -0.1) is 0 Å². The fraction of sp³-hybridized carbons (Fsp3) is 0.182. The third-order valence-corrected chi connectivity index (χ3v) is 2.47. The van der Waals surface area contributed by atoms with Crippen LogP contribution in [0.2, 0.25) is 5.02 Å². The lowest BCUT2D eigenvalue weighted by atomic mass is 10.1. The second-order valence-corrected chi connectivity index (χ2v) is 3.95. The first-order valence-corrected chi connectivity index (χ1v) is 5.32. The van der Waals surface area contributed by atoms with Crippen LogP contribution in [0.5, 0.6) is 5.88 Å². The van der Waals surface area contributed by atoms with E-state index in [0.29, 0.717) is 5.88 Å². The molecule has 0 spiro atoms. The molecule has 0 aliphatic rings. The summed E-state index contributed by atoms with van der Waals surface area (Å²) >= 11 is 5.68. The van der Waals surface area contributed by atoms with Crippen molar-refractivity contribution < 1.29 is 17.9 Å². The maximum atomic E-state index is 12.7. The van der Waals surface area contributed by atoms with E-state index >= 15 is 0 Å². The van der Waals surface area contributed by atoms with E-state index in [1.54, 1.807) is 0 Å². The molecule has 0 unspecified atom stereocenters. The molecule has 0 radical (unpaired) electrons. The first-order chi connectivity index (χ1) is 8.47. The van der Waals surface area contributed by atoms with E-state index in [2.05, 4.69) is 10.2 Å². The van der Waals surface area contributed by atoms with Crippen LogP contribution in [0.3, 0.4) is 0 Å². The van der Waals surface area contributed by atoms with Crippen molar-refractivity contribution in [1.29, 1.82) is 0 Å². The average Bonchev–Trinajstić information content (AvgIpc) is 2.77. The zero-order valence-corrected chi connectivity index (χ0v) is 9.72. The van der Waals surface area contributed by atoms with Crippen LogP contribution >= 0.6 is 11.6 Å². The second-order valence-electron chi connectivity index (χ2n) is 3.51.